The number of ketones is 1. The highest BCUT2D eigenvalue weighted by atomic mass is 16.2. The van der Waals surface area contributed by atoms with Crippen molar-refractivity contribution in [2.75, 3.05) is 0 Å². The van der Waals surface area contributed by atoms with Crippen molar-refractivity contribution in [3.05, 3.63) is 47.1 Å². The van der Waals surface area contributed by atoms with Crippen molar-refractivity contribution in [2.24, 2.45) is 0 Å². The smallest absolute Gasteiger partial charge is 0.225 e. The van der Waals surface area contributed by atoms with E-state index in [1.54, 1.807) is 12.2 Å². The van der Waals surface area contributed by atoms with Crippen LogP contribution in [-0.2, 0) is 9.59 Å². The van der Waals surface area contributed by atoms with Crippen LogP contribution in [0.1, 0.15) is 0 Å². The van der Waals surface area contributed by atoms with Crippen molar-refractivity contribution in [1.29, 1.82) is 0 Å². The van der Waals surface area contributed by atoms with Gasteiger partial charge in [0, 0.05) is 5.57 Å². The van der Waals surface area contributed by atoms with Crippen LogP contribution < -0.4 is 0 Å². The molecule has 2 rings (SSSR count). The normalized spacial score (nSPS) is 18.2. The van der Waals surface area contributed by atoms with E-state index in [0.29, 0.717) is 11.9 Å². The number of hydrogen-bond acceptors (Lipinski definition) is 2. The van der Waals surface area contributed by atoms with Gasteiger partial charge < -0.3 is 0 Å². The highest BCUT2D eigenvalue weighted by Gasteiger charge is 2.16. The van der Waals surface area contributed by atoms with Crippen molar-refractivity contribution in [3.63, 3.8) is 0 Å². The largest absolute Gasteiger partial charge is 0.294 e. The summed E-state index contributed by atoms with van der Waals surface area (Å²) in [7, 11) is 0. The Morgan fingerprint density at radius 3 is 2.75 bits per heavy atom. The van der Waals surface area contributed by atoms with Gasteiger partial charge in [0.15, 0.2) is 6.29 Å². The molecule has 0 aromatic carbocycles. The number of aldehydes is 1. The number of hydrogen-bond donors (Lipinski definition) is 0. The van der Waals surface area contributed by atoms with E-state index < -0.39 is 5.78 Å². The lowest BCUT2D eigenvalue weighted by atomic mass is 10.2. The van der Waals surface area contributed by atoms with Gasteiger partial charge in [-0.05, 0) is 23.3 Å². The number of allylic oxidation sites excluding steroid dienone is 8. The lowest BCUT2D eigenvalue weighted by Crippen LogP contribution is -1.99. The van der Waals surface area contributed by atoms with Crippen molar-refractivity contribution in [2.45, 2.75) is 0 Å². The Morgan fingerprint density at radius 1 is 1.25 bits per heavy atom. The van der Waals surface area contributed by atoms with Gasteiger partial charge in [-0.3, -0.25) is 9.59 Å². The van der Waals surface area contributed by atoms with Gasteiger partial charge in [-0.25, -0.2) is 0 Å². The third kappa shape index (κ3) is 0.889. The van der Waals surface area contributed by atoms with Crippen LogP contribution in [0.15, 0.2) is 47.1 Å². The van der Waals surface area contributed by atoms with Gasteiger partial charge in [0.05, 0.1) is 0 Å². The molecule has 58 valence electrons. The molecule has 2 heteroatoms. The molecular formula is C10H6O2. The molecule has 2 aliphatic rings. The van der Waals surface area contributed by atoms with Gasteiger partial charge in [-0.15, -0.1) is 0 Å². The van der Waals surface area contributed by atoms with E-state index in [1.807, 2.05) is 18.2 Å². The fraction of sp³-hybridized carbons (Fsp3) is 0. The third-order valence-electron chi connectivity index (χ3n) is 1.90. The summed E-state index contributed by atoms with van der Waals surface area (Å²) >= 11 is 0. The summed E-state index contributed by atoms with van der Waals surface area (Å²) in [5, 5.41) is 0. The van der Waals surface area contributed by atoms with Gasteiger partial charge in [-0.2, -0.15) is 0 Å². The Balaban J connectivity index is 2.36. The predicted molar refractivity (Wildman–Crippen MR) is 44.5 cm³/mol. The second kappa shape index (κ2) is 2.41. The minimum atomic E-state index is -0.453. The first kappa shape index (κ1) is 6.98. The first-order valence-electron chi connectivity index (χ1n) is 3.63. The van der Waals surface area contributed by atoms with Crippen LogP contribution in [-0.4, -0.2) is 12.1 Å². The maximum absolute atomic E-state index is 10.9. The Bertz CT molecular complexity index is 379. The van der Waals surface area contributed by atoms with E-state index in [4.69, 9.17) is 0 Å². The molecule has 0 fully saturated rings. The summed E-state index contributed by atoms with van der Waals surface area (Å²) in [4.78, 5) is 21.1. The van der Waals surface area contributed by atoms with E-state index >= 15 is 0 Å². The molecule has 0 aliphatic heterocycles. The Morgan fingerprint density at radius 2 is 2.08 bits per heavy atom. The molecule has 0 saturated heterocycles. The standard InChI is InChI=1S/C10H6O2/c11-6-10(12)9-4-7-2-1-3-8(7)5-9/h1-6H. The maximum atomic E-state index is 10.9. The van der Waals surface area contributed by atoms with E-state index in [2.05, 4.69) is 0 Å². The van der Waals surface area contributed by atoms with Gasteiger partial charge in [0.2, 0.25) is 5.78 Å². The van der Waals surface area contributed by atoms with Crippen LogP contribution in [0.3, 0.4) is 0 Å². The minimum Gasteiger partial charge on any atom is -0.294 e. The summed E-state index contributed by atoms with van der Waals surface area (Å²) in [5.41, 5.74) is 2.51. The van der Waals surface area contributed by atoms with Gasteiger partial charge in [0.25, 0.3) is 0 Å². The Labute approximate surface area is 69.6 Å². The SMILES string of the molecule is O=CC(=O)C1=CC2=CC=CC2=C1. The second-order valence-corrected chi connectivity index (χ2v) is 2.66. The molecule has 0 spiro atoms. The molecule has 2 aliphatic carbocycles. The van der Waals surface area contributed by atoms with E-state index in [-0.39, 0.29) is 0 Å². The van der Waals surface area contributed by atoms with E-state index in [1.165, 1.54) is 0 Å². The summed E-state index contributed by atoms with van der Waals surface area (Å²) in [5.74, 6) is -0.453. The summed E-state index contributed by atoms with van der Waals surface area (Å²) in [6.45, 7) is 0. The highest BCUT2D eigenvalue weighted by molar-refractivity contribution is 6.34. The van der Waals surface area contributed by atoms with Crippen molar-refractivity contribution >= 4 is 12.1 Å². The molecule has 0 saturated carbocycles. The molecule has 12 heavy (non-hydrogen) atoms. The molecular weight excluding hydrogens is 152 g/mol. The van der Waals surface area contributed by atoms with Gasteiger partial charge in [0.1, 0.15) is 0 Å². The first-order chi connectivity index (χ1) is 5.81. The summed E-state index contributed by atoms with van der Waals surface area (Å²) in [6, 6.07) is 0. The predicted octanol–water partition coefficient (Wildman–Crippen LogP) is 1.12. The van der Waals surface area contributed by atoms with Crippen molar-refractivity contribution in [3.8, 4) is 0 Å². The van der Waals surface area contributed by atoms with Gasteiger partial charge in [-0.1, -0.05) is 18.2 Å². The van der Waals surface area contributed by atoms with Gasteiger partial charge >= 0.3 is 0 Å². The van der Waals surface area contributed by atoms with Crippen LogP contribution >= 0.6 is 0 Å². The fourth-order valence-corrected chi connectivity index (χ4v) is 1.30. The maximum Gasteiger partial charge on any atom is 0.225 e. The number of Topliss-reactive ketones (excluding diaryl/α,β-unsaturated/α-hetero) is 1. The highest BCUT2D eigenvalue weighted by Crippen LogP contribution is 2.28. The van der Waals surface area contributed by atoms with Crippen LogP contribution in [0, 0.1) is 0 Å². The van der Waals surface area contributed by atoms with Crippen LogP contribution in [0.2, 0.25) is 0 Å². The van der Waals surface area contributed by atoms with Crippen molar-refractivity contribution in [1.82, 2.24) is 0 Å². The molecule has 0 heterocycles. The molecule has 0 aromatic rings. The number of rotatable bonds is 2. The lowest BCUT2D eigenvalue weighted by molar-refractivity contribution is -0.127. The Hall–Kier alpha value is -1.70. The van der Waals surface area contributed by atoms with E-state index in [9.17, 15) is 9.59 Å². The van der Waals surface area contributed by atoms with Crippen molar-refractivity contribution < 1.29 is 9.59 Å². The average Bonchev–Trinajstić information content (AvgIpc) is 2.60. The summed E-state index contributed by atoms with van der Waals surface area (Å²) in [6.07, 6.45) is 9.54. The monoisotopic (exact) mass is 158 g/mol. The second-order valence-electron chi connectivity index (χ2n) is 2.66. The molecule has 0 atom stereocenters. The molecule has 2 nitrogen and oxygen atoms in total. The van der Waals surface area contributed by atoms with Crippen LogP contribution in [0.5, 0.6) is 0 Å². The molecule has 0 radical (unpaired) electrons. The zero-order chi connectivity index (χ0) is 8.55. The number of carbonyl (C=O) groups excluding carboxylic acids is 2. The van der Waals surface area contributed by atoms with Crippen LogP contribution in [0.4, 0.5) is 0 Å². The average molecular weight is 158 g/mol. The molecule has 0 aromatic heterocycles. The minimum absolute atomic E-state index is 0.341. The first-order valence-corrected chi connectivity index (χ1v) is 3.63. The lowest BCUT2D eigenvalue weighted by Gasteiger charge is -1.85. The third-order valence-corrected chi connectivity index (χ3v) is 1.90. The van der Waals surface area contributed by atoms with Crippen LogP contribution in [0.25, 0.3) is 0 Å². The molecule has 0 amide bonds. The molecule has 0 N–H and O–H groups in total. The quantitative estimate of drug-likeness (QED) is 0.445. The number of fused-ring (bicyclic) bond motifs is 1. The zero-order valence-corrected chi connectivity index (χ0v) is 6.28. The Kier molecular flexibility index (Phi) is 1.40. The molecule has 0 unspecified atom stereocenters. The number of carbonyl (C=O) groups is 2. The topological polar surface area (TPSA) is 34.1 Å². The zero-order valence-electron chi connectivity index (χ0n) is 6.28. The summed E-state index contributed by atoms with van der Waals surface area (Å²) < 4.78 is 0. The van der Waals surface area contributed by atoms with E-state index in [0.717, 1.165) is 11.1 Å². The fourth-order valence-electron chi connectivity index (χ4n) is 1.30. The molecule has 0 bridgehead atoms.